The zero-order chi connectivity index (χ0) is 8.55. The molecule has 2 rings (SSSR count). The lowest BCUT2D eigenvalue weighted by Gasteiger charge is -2.03. The largest absolute Gasteiger partial charge is 0.386 e. The van der Waals surface area contributed by atoms with Crippen LogP contribution in [0.1, 0.15) is 5.56 Å². The molecule has 0 saturated carbocycles. The molecule has 4 heteroatoms. The van der Waals surface area contributed by atoms with Gasteiger partial charge in [-0.05, 0) is 18.6 Å². The van der Waals surface area contributed by atoms with Crippen LogP contribution in [0.15, 0.2) is 12.1 Å². The number of hydrogen-bond donors (Lipinski definition) is 2. The number of aryl methyl sites for hydroxylation is 1. The third-order valence-corrected chi connectivity index (χ3v) is 1.95. The van der Waals surface area contributed by atoms with E-state index in [0.717, 1.165) is 16.7 Å². The van der Waals surface area contributed by atoms with Gasteiger partial charge in [-0.25, -0.2) is 0 Å². The summed E-state index contributed by atoms with van der Waals surface area (Å²) in [4.78, 5) is 0. The number of benzene rings is 1. The highest BCUT2D eigenvalue weighted by atomic mass is 15.3. The number of nitrogens with one attached hydrogen (secondary N) is 2. The lowest BCUT2D eigenvalue weighted by atomic mass is 10.2. The van der Waals surface area contributed by atoms with Gasteiger partial charge in [-0.1, -0.05) is 6.07 Å². The monoisotopic (exact) mass is 162 g/mol. The molecule has 1 aromatic heterocycles. The molecule has 0 bridgehead atoms. The van der Waals surface area contributed by atoms with Crippen molar-refractivity contribution >= 4 is 16.7 Å². The van der Waals surface area contributed by atoms with Crippen LogP contribution in [0.25, 0.3) is 11.0 Å². The second-order valence-corrected chi connectivity index (χ2v) is 2.70. The quantitative estimate of drug-likeness (QED) is 0.664. The number of fused-ring (bicyclic) bond motifs is 1. The first-order valence-electron chi connectivity index (χ1n) is 3.81. The molecule has 0 unspecified atom stereocenters. The smallest absolute Gasteiger partial charge is 0.136 e. The highest BCUT2D eigenvalue weighted by Gasteiger charge is 2.05. The number of H-pyrrole nitrogens is 1. The minimum atomic E-state index is 0.893. The molecule has 0 fully saturated rings. The van der Waals surface area contributed by atoms with Gasteiger partial charge in [-0.3, -0.25) is 0 Å². The minimum Gasteiger partial charge on any atom is -0.386 e. The van der Waals surface area contributed by atoms with E-state index in [4.69, 9.17) is 0 Å². The molecule has 0 amide bonds. The van der Waals surface area contributed by atoms with Crippen molar-refractivity contribution in [2.75, 3.05) is 12.4 Å². The summed E-state index contributed by atoms with van der Waals surface area (Å²) >= 11 is 0. The van der Waals surface area contributed by atoms with E-state index >= 15 is 0 Å². The molecule has 0 saturated heterocycles. The predicted octanol–water partition coefficient (Wildman–Crippen LogP) is 1.31. The number of aromatic amines is 1. The molecule has 2 aromatic rings. The number of nitrogens with zero attached hydrogens (tertiary/aromatic N) is 2. The van der Waals surface area contributed by atoms with E-state index in [0.29, 0.717) is 0 Å². The fourth-order valence-corrected chi connectivity index (χ4v) is 1.33. The van der Waals surface area contributed by atoms with Crippen molar-refractivity contribution in [3.05, 3.63) is 17.7 Å². The van der Waals surface area contributed by atoms with E-state index in [-0.39, 0.29) is 0 Å². The van der Waals surface area contributed by atoms with E-state index in [9.17, 15) is 0 Å². The second kappa shape index (κ2) is 2.48. The molecule has 0 spiro atoms. The van der Waals surface area contributed by atoms with Gasteiger partial charge in [0.25, 0.3) is 0 Å². The molecule has 62 valence electrons. The van der Waals surface area contributed by atoms with Crippen LogP contribution in [-0.2, 0) is 0 Å². The number of hydrogen-bond acceptors (Lipinski definition) is 3. The van der Waals surface area contributed by atoms with E-state index in [1.165, 1.54) is 5.56 Å². The summed E-state index contributed by atoms with van der Waals surface area (Å²) in [6, 6.07) is 3.98. The van der Waals surface area contributed by atoms with Crippen molar-refractivity contribution in [2.24, 2.45) is 0 Å². The Hall–Kier alpha value is -1.58. The Morgan fingerprint density at radius 3 is 2.92 bits per heavy atom. The Balaban J connectivity index is 2.83. The summed E-state index contributed by atoms with van der Waals surface area (Å²) in [5.41, 5.74) is 4.02. The first-order chi connectivity index (χ1) is 5.83. The third kappa shape index (κ3) is 0.845. The van der Waals surface area contributed by atoms with Crippen molar-refractivity contribution in [1.29, 1.82) is 0 Å². The summed E-state index contributed by atoms with van der Waals surface area (Å²) in [5, 5.41) is 13.7. The number of anilines is 1. The maximum Gasteiger partial charge on any atom is 0.136 e. The van der Waals surface area contributed by atoms with E-state index in [2.05, 4.69) is 20.7 Å². The Bertz CT molecular complexity index is 404. The standard InChI is InChI=1S/C8H10N4/c1-5-3-4-6-8(7(5)9-2)11-12-10-6/h3-4,9H,1-2H3,(H,10,11,12). The average Bonchev–Trinajstić information content (AvgIpc) is 2.52. The topological polar surface area (TPSA) is 53.6 Å². The Morgan fingerprint density at radius 2 is 2.17 bits per heavy atom. The predicted molar refractivity (Wildman–Crippen MR) is 48.2 cm³/mol. The molecular formula is C8H10N4. The third-order valence-electron chi connectivity index (χ3n) is 1.95. The molecular weight excluding hydrogens is 152 g/mol. The molecule has 12 heavy (non-hydrogen) atoms. The van der Waals surface area contributed by atoms with Crippen molar-refractivity contribution in [1.82, 2.24) is 15.4 Å². The van der Waals surface area contributed by atoms with Crippen molar-refractivity contribution in [3.63, 3.8) is 0 Å². The van der Waals surface area contributed by atoms with Crippen molar-refractivity contribution in [3.8, 4) is 0 Å². The fourth-order valence-electron chi connectivity index (χ4n) is 1.33. The van der Waals surface area contributed by atoms with Crippen LogP contribution in [0.4, 0.5) is 5.69 Å². The van der Waals surface area contributed by atoms with Gasteiger partial charge in [0.05, 0.1) is 5.69 Å². The average molecular weight is 162 g/mol. The molecule has 0 radical (unpaired) electrons. The maximum absolute atomic E-state index is 4.05. The maximum atomic E-state index is 4.05. The van der Waals surface area contributed by atoms with Crippen LogP contribution in [-0.4, -0.2) is 22.5 Å². The van der Waals surface area contributed by atoms with Crippen LogP contribution < -0.4 is 5.32 Å². The summed E-state index contributed by atoms with van der Waals surface area (Å²) in [6.45, 7) is 2.04. The molecule has 2 N–H and O–H groups in total. The zero-order valence-electron chi connectivity index (χ0n) is 7.05. The SMILES string of the molecule is CNc1c(C)ccc2n[nH]nc12. The van der Waals surface area contributed by atoms with Gasteiger partial charge in [0.15, 0.2) is 0 Å². The first kappa shape index (κ1) is 7.09. The van der Waals surface area contributed by atoms with Crippen molar-refractivity contribution in [2.45, 2.75) is 6.92 Å². The highest BCUT2D eigenvalue weighted by molar-refractivity contribution is 5.89. The van der Waals surface area contributed by atoms with Crippen LogP contribution in [0.3, 0.4) is 0 Å². The fraction of sp³-hybridized carbons (Fsp3) is 0.250. The van der Waals surface area contributed by atoms with Gasteiger partial charge in [0.1, 0.15) is 11.0 Å². The normalized spacial score (nSPS) is 10.5. The summed E-state index contributed by atoms with van der Waals surface area (Å²) in [5.74, 6) is 0. The second-order valence-electron chi connectivity index (χ2n) is 2.70. The van der Waals surface area contributed by atoms with Crippen LogP contribution in [0, 0.1) is 6.92 Å². The van der Waals surface area contributed by atoms with Gasteiger partial charge in [-0.2, -0.15) is 15.4 Å². The van der Waals surface area contributed by atoms with Gasteiger partial charge in [0.2, 0.25) is 0 Å². The zero-order valence-corrected chi connectivity index (χ0v) is 7.05. The molecule has 1 aromatic carbocycles. The molecule has 0 aliphatic heterocycles. The first-order valence-corrected chi connectivity index (χ1v) is 3.81. The lowest BCUT2D eigenvalue weighted by molar-refractivity contribution is 0.959. The van der Waals surface area contributed by atoms with E-state index < -0.39 is 0 Å². The lowest BCUT2D eigenvalue weighted by Crippen LogP contribution is -1.92. The highest BCUT2D eigenvalue weighted by Crippen LogP contribution is 2.22. The van der Waals surface area contributed by atoms with Crippen LogP contribution in [0.5, 0.6) is 0 Å². The van der Waals surface area contributed by atoms with Gasteiger partial charge in [0, 0.05) is 7.05 Å². The van der Waals surface area contributed by atoms with Crippen LogP contribution in [0.2, 0.25) is 0 Å². The Morgan fingerprint density at radius 1 is 1.33 bits per heavy atom. The number of aromatic nitrogens is 3. The summed E-state index contributed by atoms with van der Waals surface area (Å²) < 4.78 is 0. The van der Waals surface area contributed by atoms with E-state index in [1.807, 2.05) is 26.1 Å². The summed E-state index contributed by atoms with van der Waals surface area (Å²) in [6.07, 6.45) is 0. The molecule has 4 nitrogen and oxygen atoms in total. The minimum absolute atomic E-state index is 0.893. The van der Waals surface area contributed by atoms with Crippen LogP contribution >= 0.6 is 0 Å². The van der Waals surface area contributed by atoms with Gasteiger partial charge >= 0.3 is 0 Å². The molecule has 0 aliphatic rings. The Kier molecular flexibility index (Phi) is 1.46. The molecule has 0 aliphatic carbocycles. The van der Waals surface area contributed by atoms with E-state index in [1.54, 1.807) is 0 Å². The van der Waals surface area contributed by atoms with Gasteiger partial charge in [-0.15, -0.1) is 0 Å². The summed E-state index contributed by atoms with van der Waals surface area (Å²) in [7, 11) is 1.89. The molecule has 0 atom stereocenters. The number of rotatable bonds is 1. The Labute approximate surface area is 70.0 Å². The molecule has 1 heterocycles. The van der Waals surface area contributed by atoms with Crippen molar-refractivity contribution < 1.29 is 0 Å². The van der Waals surface area contributed by atoms with Gasteiger partial charge < -0.3 is 5.32 Å².